The van der Waals surface area contributed by atoms with E-state index in [-0.39, 0.29) is 0 Å². The van der Waals surface area contributed by atoms with Gasteiger partial charge >= 0.3 is 126 Å². The van der Waals surface area contributed by atoms with Crippen LogP contribution in [-0.2, 0) is 0 Å². The van der Waals surface area contributed by atoms with Crippen LogP contribution in [0.1, 0.15) is 5.56 Å². The number of aryl methyl sites for hydroxylation is 1. The van der Waals surface area contributed by atoms with E-state index in [1.54, 1.807) is 0 Å². The molecule has 3 aromatic carbocycles. The molecule has 0 spiro atoms. The fourth-order valence-corrected chi connectivity index (χ4v) is 4.50. The summed E-state index contributed by atoms with van der Waals surface area (Å²) in [6.07, 6.45) is 0. The molecular formula is C19H16Se. The Morgan fingerprint density at radius 2 is 1.45 bits per heavy atom. The molecular weight excluding hydrogens is 307 g/mol. The zero-order chi connectivity index (χ0) is 13.8. The second-order valence-electron chi connectivity index (χ2n) is 4.78. The van der Waals surface area contributed by atoms with Crippen LogP contribution in [0.2, 0.25) is 0 Å². The molecule has 0 bridgehead atoms. The Morgan fingerprint density at radius 1 is 0.700 bits per heavy atom. The summed E-state index contributed by atoms with van der Waals surface area (Å²) in [6, 6.07) is 28.2. The molecule has 0 amide bonds. The quantitative estimate of drug-likeness (QED) is 0.649. The fourth-order valence-electron chi connectivity index (χ4n) is 2.22. The van der Waals surface area contributed by atoms with Crippen LogP contribution in [0.25, 0.3) is 11.1 Å². The normalized spacial score (nSPS) is 10.4. The standard InChI is InChI=1S/C19H16Se/c1-15-8-7-11-17(14-15)20-19-13-6-5-12-18(19)16-9-3-2-4-10-16/h2-14H,1H3. The molecule has 0 saturated carbocycles. The van der Waals surface area contributed by atoms with Crippen molar-refractivity contribution in [1.29, 1.82) is 0 Å². The molecule has 0 atom stereocenters. The average molecular weight is 323 g/mol. The van der Waals surface area contributed by atoms with Gasteiger partial charge in [0.1, 0.15) is 0 Å². The van der Waals surface area contributed by atoms with E-state index < -0.39 is 0 Å². The monoisotopic (exact) mass is 324 g/mol. The van der Waals surface area contributed by atoms with E-state index in [0.29, 0.717) is 15.0 Å². The van der Waals surface area contributed by atoms with Gasteiger partial charge in [-0.3, -0.25) is 0 Å². The van der Waals surface area contributed by atoms with Crippen LogP contribution < -0.4 is 8.92 Å². The van der Waals surface area contributed by atoms with E-state index in [9.17, 15) is 0 Å². The van der Waals surface area contributed by atoms with Crippen molar-refractivity contribution in [1.82, 2.24) is 0 Å². The zero-order valence-corrected chi connectivity index (χ0v) is 13.1. The summed E-state index contributed by atoms with van der Waals surface area (Å²) in [5.74, 6) is 0. The van der Waals surface area contributed by atoms with Crippen LogP contribution in [0.4, 0.5) is 0 Å². The van der Waals surface area contributed by atoms with Crippen LogP contribution in [0, 0.1) is 6.92 Å². The Labute approximate surface area is 126 Å². The third-order valence-corrected chi connectivity index (χ3v) is 5.42. The SMILES string of the molecule is Cc1cccc([Se]c2ccccc2-c2ccccc2)c1. The molecule has 20 heavy (non-hydrogen) atoms. The van der Waals surface area contributed by atoms with Gasteiger partial charge in [-0.25, -0.2) is 0 Å². The predicted octanol–water partition coefficient (Wildman–Crippen LogP) is 3.32. The number of benzene rings is 3. The molecule has 0 fully saturated rings. The van der Waals surface area contributed by atoms with Gasteiger partial charge in [0.15, 0.2) is 0 Å². The number of hydrogen-bond acceptors (Lipinski definition) is 0. The first-order chi connectivity index (χ1) is 9.83. The van der Waals surface area contributed by atoms with Gasteiger partial charge in [0.05, 0.1) is 0 Å². The van der Waals surface area contributed by atoms with Crippen molar-refractivity contribution < 1.29 is 0 Å². The van der Waals surface area contributed by atoms with Gasteiger partial charge in [0.2, 0.25) is 0 Å². The van der Waals surface area contributed by atoms with Gasteiger partial charge in [-0.1, -0.05) is 0 Å². The first-order valence-corrected chi connectivity index (χ1v) is 8.43. The Kier molecular flexibility index (Phi) is 4.01. The van der Waals surface area contributed by atoms with Gasteiger partial charge in [0.25, 0.3) is 0 Å². The molecule has 0 nitrogen and oxygen atoms in total. The second-order valence-corrected chi connectivity index (χ2v) is 7.12. The summed E-state index contributed by atoms with van der Waals surface area (Å²) in [5, 5.41) is 0. The second kappa shape index (κ2) is 6.09. The predicted molar refractivity (Wildman–Crippen MR) is 88.1 cm³/mol. The fraction of sp³-hybridized carbons (Fsp3) is 0.0526. The Hall–Kier alpha value is -1.82. The molecule has 0 N–H and O–H groups in total. The van der Waals surface area contributed by atoms with Crippen molar-refractivity contribution in [2.75, 3.05) is 0 Å². The van der Waals surface area contributed by atoms with Crippen molar-refractivity contribution in [3.63, 3.8) is 0 Å². The van der Waals surface area contributed by atoms with Gasteiger partial charge in [-0.05, 0) is 0 Å². The minimum absolute atomic E-state index is 0.346. The van der Waals surface area contributed by atoms with E-state index in [0.717, 1.165) is 0 Å². The van der Waals surface area contributed by atoms with Gasteiger partial charge in [-0.2, -0.15) is 0 Å². The van der Waals surface area contributed by atoms with Crippen molar-refractivity contribution in [2.45, 2.75) is 6.92 Å². The van der Waals surface area contributed by atoms with Crippen molar-refractivity contribution in [3.8, 4) is 11.1 Å². The number of rotatable bonds is 3. The van der Waals surface area contributed by atoms with Gasteiger partial charge < -0.3 is 0 Å². The van der Waals surface area contributed by atoms with E-state index in [4.69, 9.17) is 0 Å². The molecule has 0 aromatic heterocycles. The molecule has 0 aliphatic rings. The molecule has 3 rings (SSSR count). The maximum atomic E-state index is 2.29. The molecule has 0 heterocycles. The molecule has 0 aliphatic carbocycles. The first-order valence-electron chi connectivity index (χ1n) is 6.72. The van der Waals surface area contributed by atoms with E-state index in [1.807, 2.05) is 0 Å². The van der Waals surface area contributed by atoms with E-state index in [1.165, 1.54) is 25.6 Å². The third kappa shape index (κ3) is 3.01. The average Bonchev–Trinajstić information content (AvgIpc) is 2.49. The Balaban J connectivity index is 1.99. The topological polar surface area (TPSA) is 0 Å². The maximum absolute atomic E-state index is 2.29. The van der Waals surface area contributed by atoms with Gasteiger partial charge in [-0.15, -0.1) is 0 Å². The molecule has 0 aliphatic heterocycles. The first kappa shape index (κ1) is 13.2. The van der Waals surface area contributed by atoms with E-state index >= 15 is 0 Å². The zero-order valence-electron chi connectivity index (χ0n) is 11.4. The minimum atomic E-state index is 0.346. The summed E-state index contributed by atoms with van der Waals surface area (Å²) in [6.45, 7) is 2.16. The van der Waals surface area contributed by atoms with E-state index in [2.05, 4.69) is 85.8 Å². The Bertz CT molecular complexity index is 702. The van der Waals surface area contributed by atoms with Crippen LogP contribution in [0.3, 0.4) is 0 Å². The third-order valence-electron chi connectivity index (χ3n) is 3.19. The van der Waals surface area contributed by atoms with Gasteiger partial charge in [0, 0.05) is 0 Å². The Morgan fingerprint density at radius 3 is 2.25 bits per heavy atom. The van der Waals surface area contributed by atoms with Crippen LogP contribution >= 0.6 is 0 Å². The summed E-state index contributed by atoms with van der Waals surface area (Å²) >= 11 is 0.346. The van der Waals surface area contributed by atoms with Crippen molar-refractivity contribution >= 4 is 23.9 Å². The van der Waals surface area contributed by atoms with Crippen molar-refractivity contribution in [3.05, 3.63) is 84.4 Å². The summed E-state index contributed by atoms with van der Waals surface area (Å²) in [5.41, 5.74) is 3.99. The molecule has 0 unspecified atom stereocenters. The molecule has 0 saturated heterocycles. The number of hydrogen-bond donors (Lipinski definition) is 0. The molecule has 3 aromatic rings. The van der Waals surface area contributed by atoms with Crippen LogP contribution in [0.15, 0.2) is 78.9 Å². The van der Waals surface area contributed by atoms with Crippen LogP contribution in [0.5, 0.6) is 0 Å². The molecule has 0 radical (unpaired) electrons. The summed E-state index contributed by atoms with van der Waals surface area (Å²) in [7, 11) is 0. The molecule has 1 heteroatoms. The summed E-state index contributed by atoms with van der Waals surface area (Å²) < 4.78 is 2.87. The summed E-state index contributed by atoms with van der Waals surface area (Å²) in [4.78, 5) is 0. The van der Waals surface area contributed by atoms with Crippen LogP contribution in [-0.4, -0.2) is 15.0 Å². The molecule has 98 valence electrons. The van der Waals surface area contributed by atoms with Crippen molar-refractivity contribution in [2.24, 2.45) is 0 Å².